The number of hydrogen-bond donors (Lipinski definition) is 1. The average molecular weight is 305 g/mol. The Morgan fingerprint density at radius 1 is 1.14 bits per heavy atom. The van der Waals surface area contributed by atoms with Crippen LogP contribution >= 0.6 is 11.6 Å². The molecule has 0 radical (unpaired) electrons. The first-order valence-electron chi connectivity index (χ1n) is 6.61. The van der Waals surface area contributed by atoms with Crippen LogP contribution in [0.1, 0.15) is 32.6 Å². The van der Waals surface area contributed by atoms with Gasteiger partial charge in [0.15, 0.2) is 0 Å². The summed E-state index contributed by atoms with van der Waals surface area (Å²) in [5.41, 5.74) is 3.88. The Morgan fingerprint density at radius 2 is 1.76 bits per heavy atom. The molecular weight excluding hydrogens is 288 g/mol. The molecule has 3 nitrogen and oxygen atoms in total. The lowest BCUT2D eigenvalue weighted by Gasteiger charge is -2.14. The number of aromatic carboxylic acids is 1. The first-order chi connectivity index (χ1) is 9.88. The third kappa shape index (κ3) is 3.56. The number of ether oxygens (including phenoxy) is 1. The number of aryl methyl sites for hydroxylation is 3. The molecule has 0 aliphatic carbocycles. The van der Waals surface area contributed by atoms with E-state index < -0.39 is 5.97 Å². The smallest absolute Gasteiger partial charge is 0.335 e. The molecule has 0 spiro atoms. The van der Waals surface area contributed by atoms with Gasteiger partial charge in [0.1, 0.15) is 12.4 Å². The minimum Gasteiger partial charge on any atom is -0.488 e. The van der Waals surface area contributed by atoms with Crippen LogP contribution in [0, 0.1) is 20.8 Å². The minimum absolute atomic E-state index is 0.269. The van der Waals surface area contributed by atoms with Crippen molar-refractivity contribution < 1.29 is 14.6 Å². The largest absolute Gasteiger partial charge is 0.488 e. The van der Waals surface area contributed by atoms with E-state index in [0.717, 1.165) is 22.3 Å². The standard InChI is InChI=1S/C17H17ClO3/c1-10-4-5-13(15(18)6-10)9-21-16-11(2)7-14(17(19)20)8-12(16)3/h4-8H,9H2,1-3H3,(H,19,20). The van der Waals surface area contributed by atoms with Crippen molar-refractivity contribution in [3.8, 4) is 5.75 Å². The highest BCUT2D eigenvalue weighted by Crippen LogP contribution is 2.27. The summed E-state index contributed by atoms with van der Waals surface area (Å²) in [5, 5.41) is 9.71. The molecule has 21 heavy (non-hydrogen) atoms. The lowest BCUT2D eigenvalue weighted by molar-refractivity contribution is 0.0696. The molecule has 2 aromatic carbocycles. The number of benzene rings is 2. The summed E-state index contributed by atoms with van der Waals surface area (Å²) in [4.78, 5) is 11.0. The van der Waals surface area contributed by atoms with E-state index in [2.05, 4.69) is 0 Å². The Hall–Kier alpha value is -2.00. The predicted molar refractivity (Wildman–Crippen MR) is 83.4 cm³/mol. The van der Waals surface area contributed by atoms with E-state index >= 15 is 0 Å². The van der Waals surface area contributed by atoms with Gasteiger partial charge in [0, 0.05) is 10.6 Å². The van der Waals surface area contributed by atoms with E-state index in [1.54, 1.807) is 12.1 Å². The maximum absolute atomic E-state index is 11.0. The molecule has 0 aliphatic heterocycles. The maximum atomic E-state index is 11.0. The molecule has 0 fully saturated rings. The molecule has 0 saturated carbocycles. The molecule has 2 aromatic rings. The normalized spacial score (nSPS) is 10.5. The highest BCUT2D eigenvalue weighted by Gasteiger charge is 2.11. The molecule has 110 valence electrons. The molecule has 0 unspecified atom stereocenters. The number of carbonyl (C=O) groups is 1. The number of carboxylic acids is 1. The Bertz CT molecular complexity index is 669. The van der Waals surface area contributed by atoms with Crippen LogP contribution in [-0.4, -0.2) is 11.1 Å². The van der Waals surface area contributed by atoms with Gasteiger partial charge >= 0.3 is 5.97 Å². The quantitative estimate of drug-likeness (QED) is 0.902. The van der Waals surface area contributed by atoms with Gasteiger partial charge in [-0.15, -0.1) is 0 Å². The van der Waals surface area contributed by atoms with Crippen molar-refractivity contribution in [2.75, 3.05) is 0 Å². The van der Waals surface area contributed by atoms with Crippen LogP contribution in [0.4, 0.5) is 0 Å². The van der Waals surface area contributed by atoms with Gasteiger partial charge in [-0.2, -0.15) is 0 Å². The first-order valence-corrected chi connectivity index (χ1v) is 6.98. The summed E-state index contributed by atoms with van der Waals surface area (Å²) in [6.45, 7) is 6.01. The number of hydrogen-bond acceptors (Lipinski definition) is 2. The third-order valence-electron chi connectivity index (χ3n) is 3.29. The van der Waals surface area contributed by atoms with Crippen LogP contribution in [0.3, 0.4) is 0 Å². The number of rotatable bonds is 4. The first kappa shape index (κ1) is 15.4. The van der Waals surface area contributed by atoms with Crippen molar-refractivity contribution in [1.29, 1.82) is 0 Å². The fourth-order valence-corrected chi connectivity index (χ4v) is 2.51. The summed E-state index contributed by atoms with van der Waals surface area (Å²) < 4.78 is 5.83. The van der Waals surface area contributed by atoms with Gasteiger partial charge in [-0.3, -0.25) is 0 Å². The molecule has 0 saturated heterocycles. The average Bonchev–Trinajstić information content (AvgIpc) is 2.39. The maximum Gasteiger partial charge on any atom is 0.335 e. The summed E-state index contributed by atoms with van der Waals surface area (Å²) in [6, 6.07) is 9.04. The summed E-state index contributed by atoms with van der Waals surface area (Å²) >= 11 is 6.18. The minimum atomic E-state index is -0.936. The van der Waals surface area contributed by atoms with Crippen LogP contribution in [0.2, 0.25) is 5.02 Å². The fourth-order valence-electron chi connectivity index (χ4n) is 2.22. The molecule has 4 heteroatoms. The zero-order valence-electron chi connectivity index (χ0n) is 12.2. The second-order valence-corrected chi connectivity index (χ2v) is 5.54. The highest BCUT2D eigenvalue weighted by atomic mass is 35.5. The molecule has 0 bridgehead atoms. The molecule has 1 N–H and O–H groups in total. The Balaban J connectivity index is 2.22. The van der Waals surface area contributed by atoms with Crippen molar-refractivity contribution >= 4 is 17.6 Å². The SMILES string of the molecule is Cc1ccc(COc2c(C)cc(C(=O)O)cc2C)c(Cl)c1. The van der Waals surface area contributed by atoms with E-state index in [1.807, 2.05) is 39.0 Å². The highest BCUT2D eigenvalue weighted by molar-refractivity contribution is 6.31. The summed E-state index contributed by atoms with van der Waals surface area (Å²) in [6.07, 6.45) is 0. The number of carboxylic acid groups (broad SMARTS) is 1. The van der Waals surface area contributed by atoms with Gasteiger partial charge < -0.3 is 9.84 Å². The van der Waals surface area contributed by atoms with E-state index in [-0.39, 0.29) is 5.56 Å². The topological polar surface area (TPSA) is 46.5 Å². The molecular formula is C17H17ClO3. The zero-order chi connectivity index (χ0) is 15.6. The van der Waals surface area contributed by atoms with Crippen LogP contribution in [-0.2, 0) is 6.61 Å². The van der Waals surface area contributed by atoms with E-state index in [1.165, 1.54) is 0 Å². The van der Waals surface area contributed by atoms with Crippen LogP contribution in [0.25, 0.3) is 0 Å². The summed E-state index contributed by atoms with van der Waals surface area (Å²) in [5.74, 6) is -0.231. The monoisotopic (exact) mass is 304 g/mol. The number of halogens is 1. The van der Waals surface area contributed by atoms with Crippen molar-refractivity contribution in [3.05, 3.63) is 63.2 Å². The van der Waals surface area contributed by atoms with Crippen LogP contribution in [0.5, 0.6) is 5.75 Å². The second-order valence-electron chi connectivity index (χ2n) is 5.13. The molecule has 0 aliphatic rings. The fraction of sp³-hybridized carbons (Fsp3) is 0.235. The third-order valence-corrected chi connectivity index (χ3v) is 3.64. The van der Waals surface area contributed by atoms with Crippen LogP contribution < -0.4 is 4.74 Å². The van der Waals surface area contributed by atoms with Gasteiger partial charge in [0.25, 0.3) is 0 Å². The van der Waals surface area contributed by atoms with Crippen molar-refractivity contribution in [3.63, 3.8) is 0 Å². The van der Waals surface area contributed by atoms with Gasteiger partial charge in [0.2, 0.25) is 0 Å². The Labute approximate surface area is 129 Å². The van der Waals surface area contributed by atoms with E-state index in [9.17, 15) is 4.79 Å². The van der Waals surface area contributed by atoms with E-state index in [0.29, 0.717) is 17.4 Å². The van der Waals surface area contributed by atoms with Gasteiger partial charge in [-0.1, -0.05) is 23.7 Å². The molecule has 0 amide bonds. The zero-order valence-corrected chi connectivity index (χ0v) is 13.0. The van der Waals surface area contributed by atoms with Crippen molar-refractivity contribution in [2.24, 2.45) is 0 Å². The van der Waals surface area contributed by atoms with Gasteiger partial charge in [-0.25, -0.2) is 4.79 Å². The molecule has 0 atom stereocenters. The van der Waals surface area contributed by atoms with Crippen molar-refractivity contribution in [2.45, 2.75) is 27.4 Å². The van der Waals surface area contributed by atoms with Crippen molar-refractivity contribution in [1.82, 2.24) is 0 Å². The Kier molecular flexibility index (Phi) is 4.53. The molecule has 0 heterocycles. The van der Waals surface area contributed by atoms with Crippen LogP contribution in [0.15, 0.2) is 30.3 Å². The second kappa shape index (κ2) is 6.19. The summed E-state index contributed by atoms with van der Waals surface area (Å²) in [7, 11) is 0. The lowest BCUT2D eigenvalue weighted by Crippen LogP contribution is -2.03. The van der Waals surface area contributed by atoms with Gasteiger partial charge in [0.05, 0.1) is 5.56 Å². The lowest BCUT2D eigenvalue weighted by atomic mass is 10.1. The van der Waals surface area contributed by atoms with E-state index in [4.69, 9.17) is 21.4 Å². The predicted octanol–water partition coefficient (Wildman–Crippen LogP) is 4.54. The molecule has 2 rings (SSSR count). The Morgan fingerprint density at radius 3 is 2.29 bits per heavy atom. The molecule has 0 aromatic heterocycles. The van der Waals surface area contributed by atoms with Gasteiger partial charge in [-0.05, 0) is 55.7 Å².